The van der Waals surface area contributed by atoms with Gasteiger partial charge in [-0.3, -0.25) is 0 Å². The number of rotatable bonds is 4. The number of fused-ring (bicyclic) bond motifs is 1. The number of anilines is 1. The van der Waals surface area contributed by atoms with Crippen LogP contribution in [0.25, 0.3) is 11.0 Å². The van der Waals surface area contributed by atoms with Crippen molar-refractivity contribution in [3.8, 4) is 0 Å². The zero-order chi connectivity index (χ0) is 14.2. The van der Waals surface area contributed by atoms with Crippen molar-refractivity contribution >= 4 is 16.7 Å². The Balaban J connectivity index is 2.28. The number of hydrogen-bond donors (Lipinski definition) is 2. The Labute approximate surface area is 113 Å². The van der Waals surface area contributed by atoms with E-state index in [-0.39, 0.29) is 6.04 Å². The molecule has 2 aromatic heterocycles. The van der Waals surface area contributed by atoms with Crippen LogP contribution in [0.2, 0.25) is 0 Å². The van der Waals surface area contributed by atoms with Crippen molar-refractivity contribution in [2.45, 2.75) is 52.3 Å². The van der Waals surface area contributed by atoms with Crippen molar-refractivity contribution in [2.75, 3.05) is 5.32 Å². The van der Waals surface area contributed by atoms with Gasteiger partial charge in [-0.2, -0.15) is 5.10 Å². The summed E-state index contributed by atoms with van der Waals surface area (Å²) < 4.78 is 1.90. The van der Waals surface area contributed by atoms with Gasteiger partial charge >= 0.3 is 0 Å². The summed E-state index contributed by atoms with van der Waals surface area (Å²) >= 11 is 0. The minimum Gasteiger partial charge on any atom is -0.388 e. The Morgan fingerprint density at radius 1 is 1.26 bits per heavy atom. The van der Waals surface area contributed by atoms with Crippen LogP contribution in [0.4, 0.5) is 5.69 Å². The molecule has 2 rings (SSSR count). The lowest BCUT2D eigenvalue weighted by molar-refractivity contribution is 0.0649. The molecule has 2 N–H and O–H groups in total. The second-order valence-electron chi connectivity index (χ2n) is 5.84. The van der Waals surface area contributed by atoms with Crippen LogP contribution in [-0.2, 0) is 0 Å². The lowest BCUT2D eigenvalue weighted by atomic mass is 10.0. The first-order valence-corrected chi connectivity index (χ1v) is 6.61. The van der Waals surface area contributed by atoms with Crippen molar-refractivity contribution in [2.24, 2.45) is 0 Å². The molecule has 19 heavy (non-hydrogen) atoms. The Morgan fingerprint density at radius 2 is 1.95 bits per heavy atom. The smallest absolute Gasteiger partial charge is 0.158 e. The summed E-state index contributed by atoms with van der Waals surface area (Å²) in [4.78, 5) is 4.45. The van der Waals surface area contributed by atoms with Crippen LogP contribution in [0, 0.1) is 0 Å². The van der Waals surface area contributed by atoms with Gasteiger partial charge in [-0.05, 0) is 40.7 Å². The van der Waals surface area contributed by atoms with Crippen molar-refractivity contribution in [1.82, 2.24) is 14.8 Å². The van der Waals surface area contributed by atoms with Crippen molar-refractivity contribution in [3.05, 3.63) is 18.5 Å². The highest BCUT2D eigenvalue weighted by Crippen LogP contribution is 2.21. The second-order valence-corrected chi connectivity index (χ2v) is 5.84. The van der Waals surface area contributed by atoms with Crippen LogP contribution < -0.4 is 5.32 Å². The van der Waals surface area contributed by atoms with E-state index in [1.165, 1.54) is 0 Å². The molecule has 0 spiro atoms. The maximum Gasteiger partial charge on any atom is 0.158 e. The van der Waals surface area contributed by atoms with Crippen LogP contribution in [0.5, 0.6) is 0 Å². The molecule has 0 radical (unpaired) electrons. The van der Waals surface area contributed by atoms with E-state index in [9.17, 15) is 5.11 Å². The van der Waals surface area contributed by atoms with Gasteiger partial charge in [0.2, 0.25) is 0 Å². The molecule has 0 aliphatic carbocycles. The monoisotopic (exact) mass is 262 g/mol. The average Bonchev–Trinajstić information content (AvgIpc) is 2.70. The van der Waals surface area contributed by atoms with Crippen molar-refractivity contribution < 1.29 is 5.11 Å². The third-order valence-electron chi connectivity index (χ3n) is 3.37. The van der Waals surface area contributed by atoms with E-state index in [4.69, 9.17) is 0 Å². The molecule has 5 nitrogen and oxygen atoms in total. The van der Waals surface area contributed by atoms with E-state index < -0.39 is 5.60 Å². The van der Waals surface area contributed by atoms with Crippen LogP contribution in [0.15, 0.2) is 18.5 Å². The van der Waals surface area contributed by atoms with Gasteiger partial charge in [-0.25, -0.2) is 9.67 Å². The molecule has 0 amide bonds. The largest absolute Gasteiger partial charge is 0.388 e. The fourth-order valence-electron chi connectivity index (χ4n) is 1.82. The normalized spacial score (nSPS) is 14.1. The van der Waals surface area contributed by atoms with Gasteiger partial charge in [0.1, 0.15) is 0 Å². The average molecular weight is 262 g/mol. The predicted octanol–water partition coefficient (Wildman–Crippen LogP) is 2.58. The van der Waals surface area contributed by atoms with Crippen LogP contribution >= 0.6 is 0 Å². The first kappa shape index (κ1) is 13.8. The maximum absolute atomic E-state index is 9.94. The van der Waals surface area contributed by atoms with E-state index in [0.717, 1.165) is 16.7 Å². The van der Waals surface area contributed by atoms with Crippen LogP contribution in [0.1, 0.15) is 40.7 Å². The molecule has 104 valence electrons. The molecule has 0 bridgehead atoms. The topological polar surface area (TPSA) is 63.0 Å². The summed E-state index contributed by atoms with van der Waals surface area (Å²) in [5.41, 5.74) is 0.999. The van der Waals surface area contributed by atoms with Gasteiger partial charge in [0, 0.05) is 11.4 Å². The summed E-state index contributed by atoms with van der Waals surface area (Å²) in [6, 6.07) is 2.24. The molecule has 5 heteroatoms. The minimum absolute atomic E-state index is 0.0631. The maximum atomic E-state index is 9.94. The Hall–Kier alpha value is -1.62. The molecule has 0 aliphatic heterocycles. The number of aliphatic hydroxyl groups is 1. The van der Waals surface area contributed by atoms with E-state index in [1.54, 1.807) is 20.0 Å². The molecule has 0 saturated heterocycles. The van der Waals surface area contributed by atoms with E-state index in [1.807, 2.05) is 23.9 Å². The number of hydrogen-bond acceptors (Lipinski definition) is 4. The van der Waals surface area contributed by atoms with Crippen LogP contribution in [-0.4, -0.2) is 31.5 Å². The highest BCUT2D eigenvalue weighted by atomic mass is 16.3. The van der Waals surface area contributed by atoms with E-state index in [0.29, 0.717) is 6.04 Å². The lowest BCUT2D eigenvalue weighted by Crippen LogP contribution is -2.39. The number of nitrogens with zero attached hydrogens (tertiary/aromatic N) is 3. The van der Waals surface area contributed by atoms with E-state index >= 15 is 0 Å². The first-order valence-electron chi connectivity index (χ1n) is 6.61. The quantitative estimate of drug-likeness (QED) is 0.889. The SMILES string of the molecule is CC(C)n1ncc2cc(NC(C)C(C)(C)O)cnc21. The molecule has 2 aromatic rings. The van der Waals surface area contributed by atoms with Gasteiger partial charge in [0.05, 0.1) is 29.7 Å². The molecular formula is C14H22N4O. The summed E-state index contributed by atoms with van der Waals surface area (Å²) in [5, 5.41) is 18.5. The fraction of sp³-hybridized carbons (Fsp3) is 0.571. The third-order valence-corrected chi connectivity index (χ3v) is 3.37. The Kier molecular flexibility index (Phi) is 3.49. The molecule has 1 atom stereocenters. The number of nitrogens with one attached hydrogen (secondary N) is 1. The second kappa shape index (κ2) is 4.81. The summed E-state index contributed by atoms with van der Waals surface area (Å²) in [5.74, 6) is 0. The van der Waals surface area contributed by atoms with Gasteiger partial charge < -0.3 is 10.4 Å². The molecule has 0 saturated carbocycles. The third kappa shape index (κ3) is 2.87. The lowest BCUT2D eigenvalue weighted by Gasteiger charge is -2.27. The van der Waals surface area contributed by atoms with Gasteiger partial charge in [0.15, 0.2) is 5.65 Å². The molecule has 0 fully saturated rings. The highest BCUT2D eigenvalue weighted by Gasteiger charge is 2.22. The molecule has 1 unspecified atom stereocenters. The molecule has 0 aliphatic rings. The molecule has 0 aromatic carbocycles. The zero-order valence-corrected chi connectivity index (χ0v) is 12.2. The highest BCUT2D eigenvalue weighted by molar-refractivity contribution is 5.78. The summed E-state index contributed by atoms with van der Waals surface area (Å²) in [6.07, 6.45) is 3.60. The Morgan fingerprint density at radius 3 is 2.53 bits per heavy atom. The van der Waals surface area contributed by atoms with E-state index in [2.05, 4.69) is 29.2 Å². The fourth-order valence-corrected chi connectivity index (χ4v) is 1.82. The molecule has 2 heterocycles. The summed E-state index contributed by atoms with van der Waals surface area (Å²) in [7, 11) is 0. The first-order chi connectivity index (χ1) is 8.79. The molecular weight excluding hydrogens is 240 g/mol. The van der Waals surface area contributed by atoms with Crippen molar-refractivity contribution in [1.29, 1.82) is 0 Å². The standard InChI is InChI=1S/C14H22N4O/c1-9(2)18-13-11(7-16-18)6-12(8-15-13)17-10(3)14(4,5)19/h6-10,17,19H,1-5H3. The van der Waals surface area contributed by atoms with Gasteiger partial charge in [-0.15, -0.1) is 0 Å². The Bertz CT molecular complexity index is 568. The summed E-state index contributed by atoms with van der Waals surface area (Å²) in [6.45, 7) is 9.68. The number of aromatic nitrogens is 3. The minimum atomic E-state index is -0.781. The van der Waals surface area contributed by atoms with Gasteiger partial charge in [-0.1, -0.05) is 0 Å². The number of pyridine rings is 1. The van der Waals surface area contributed by atoms with Crippen LogP contribution in [0.3, 0.4) is 0 Å². The zero-order valence-electron chi connectivity index (χ0n) is 12.2. The predicted molar refractivity (Wildman–Crippen MR) is 77.3 cm³/mol. The van der Waals surface area contributed by atoms with Gasteiger partial charge in [0.25, 0.3) is 0 Å². The van der Waals surface area contributed by atoms with Crippen molar-refractivity contribution in [3.63, 3.8) is 0 Å².